The van der Waals surface area contributed by atoms with E-state index in [0.29, 0.717) is 16.9 Å². The minimum atomic E-state index is -0.927. The van der Waals surface area contributed by atoms with Gasteiger partial charge in [-0.2, -0.15) is 5.26 Å². The van der Waals surface area contributed by atoms with Crippen LogP contribution in [0.15, 0.2) is 18.2 Å². The number of fused-ring (bicyclic) bond motifs is 1. The first-order valence-corrected chi connectivity index (χ1v) is 6.06. The van der Waals surface area contributed by atoms with Gasteiger partial charge in [0.25, 0.3) is 0 Å². The monoisotopic (exact) mass is 260 g/mol. The van der Waals surface area contributed by atoms with Crippen LogP contribution < -0.4 is 10.1 Å². The van der Waals surface area contributed by atoms with Gasteiger partial charge in [-0.1, -0.05) is 0 Å². The first-order chi connectivity index (χ1) is 8.88. The van der Waals surface area contributed by atoms with Crippen LogP contribution in [0.5, 0.6) is 5.75 Å². The van der Waals surface area contributed by atoms with Crippen molar-refractivity contribution >= 4 is 5.91 Å². The number of hydrogen-bond acceptors (Lipinski definition) is 4. The highest BCUT2D eigenvalue weighted by Crippen LogP contribution is 2.41. The predicted octanol–water partition coefficient (Wildman–Crippen LogP) is 1.27. The number of aliphatic hydroxyl groups is 1. The van der Waals surface area contributed by atoms with Crippen LogP contribution in [-0.2, 0) is 4.79 Å². The first kappa shape index (κ1) is 13.4. The van der Waals surface area contributed by atoms with Crippen LogP contribution in [0.1, 0.15) is 38.0 Å². The molecule has 0 saturated heterocycles. The summed E-state index contributed by atoms with van der Waals surface area (Å²) in [6.07, 6.45) is -1.31. The van der Waals surface area contributed by atoms with E-state index in [9.17, 15) is 9.90 Å². The Morgan fingerprint density at radius 3 is 2.84 bits per heavy atom. The van der Waals surface area contributed by atoms with Gasteiger partial charge in [-0.15, -0.1) is 0 Å². The Labute approximate surface area is 111 Å². The van der Waals surface area contributed by atoms with Crippen LogP contribution in [0.2, 0.25) is 0 Å². The summed E-state index contributed by atoms with van der Waals surface area (Å²) in [5.74, 6) is 0.304. The lowest BCUT2D eigenvalue weighted by atomic mass is 9.81. The molecule has 1 heterocycles. The number of aliphatic hydroxyl groups excluding tert-OH is 1. The van der Waals surface area contributed by atoms with E-state index < -0.39 is 11.6 Å². The number of carbonyl (C=O) groups is 1. The van der Waals surface area contributed by atoms with Crippen molar-refractivity contribution in [3.8, 4) is 11.8 Å². The van der Waals surface area contributed by atoms with Crippen LogP contribution in [0.4, 0.5) is 0 Å². The summed E-state index contributed by atoms with van der Waals surface area (Å²) in [6, 6.07) is 6.92. The van der Waals surface area contributed by atoms with Gasteiger partial charge in [0, 0.05) is 12.5 Å². The smallest absolute Gasteiger partial charge is 0.217 e. The van der Waals surface area contributed by atoms with Gasteiger partial charge in [0.2, 0.25) is 5.91 Å². The number of amides is 1. The molecule has 5 heteroatoms. The molecule has 1 aliphatic heterocycles. The van der Waals surface area contributed by atoms with Crippen LogP contribution in [0.25, 0.3) is 0 Å². The van der Waals surface area contributed by atoms with E-state index in [0.717, 1.165) is 0 Å². The molecule has 0 aliphatic carbocycles. The van der Waals surface area contributed by atoms with Crippen molar-refractivity contribution in [2.75, 3.05) is 0 Å². The Kier molecular flexibility index (Phi) is 3.21. The molecule has 1 amide bonds. The molecule has 1 aliphatic rings. The van der Waals surface area contributed by atoms with E-state index in [-0.39, 0.29) is 12.0 Å². The summed E-state index contributed by atoms with van der Waals surface area (Å²) >= 11 is 0. The summed E-state index contributed by atoms with van der Waals surface area (Å²) < 4.78 is 5.73. The van der Waals surface area contributed by atoms with Crippen molar-refractivity contribution in [1.82, 2.24) is 5.32 Å². The van der Waals surface area contributed by atoms with Crippen molar-refractivity contribution in [3.63, 3.8) is 0 Å². The molecule has 3 unspecified atom stereocenters. The summed E-state index contributed by atoms with van der Waals surface area (Å²) in [5.41, 5.74) is 0.0435. The maximum Gasteiger partial charge on any atom is 0.217 e. The average molecular weight is 260 g/mol. The van der Waals surface area contributed by atoms with E-state index in [1.807, 2.05) is 6.07 Å². The van der Waals surface area contributed by atoms with E-state index >= 15 is 0 Å². The van der Waals surface area contributed by atoms with Gasteiger partial charge in [0.1, 0.15) is 23.5 Å². The van der Waals surface area contributed by atoms with E-state index in [1.54, 1.807) is 32.0 Å². The Morgan fingerprint density at radius 1 is 1.58 bits per heavy atom. The quantitative estimate of drug-likeness (QED) is 0.796. The van der Waals surface area contributed by atoms with Gasteiger partial charge in [-0.25, -0.2) is 0 Å². The van der Waals surface area contributed by atoms with Crippen molar-refractivity contribution < 1.29 is 14.6 Å². The zero-order chi connectivity index (χ0) is 14.2. The normalized spacial score (nSPS) is 28.8. The van der Waals surface area contributed by atoms with E-state index in [1.165, 1.54) is 6.92 Å². The second-order valence-electron chi connectivity index (χ2n) is 4.99. The molecule has 0 spiro atoms. The third-order valence-electron chi connectivity index (χ3n) is 3.60. The lowest BCUT2D eigenvalue weighted by Gasteiger charge is -2.44. The van der Waals surface area contributed by atoms with Crippen LogP contribution in [0, 0.1) is 11.3 Å². The van der Waals surface area contributed by atoms with E-state index in [2.05, 4.69) is 5.32 Å². The lowest BCUT2D eigenvalue weighted by Crippen LogP contribution is -2.60. The molecule has 0 fully saturated rings. The maximum atomic E-state index is 11.3. The molecule has 0 saturated carbocycles. The summed E-state index contributed by atoms with van der Waals surface area (Å²) in [6.45, 7) is 4.91. The number of rotatable bonds is 1. The molecule has 1 aromatic carbocycles. The van der Waals surface area contributed by atoms with Gasteiger partial charge in [0.05, 0.1) is 11.6 Å². The molecule has 0 radical (unpaired) electrons. The van der Waals surface area contributed by atoms with Gasteiger partial charge in [-0.05, 0) is 32.0 Å². The van der Waals surface area contributed by atoms with Crippen molar-refractivity contribution in [2.45, 2.75) is 38.5 Å². The number of nitrogens with zero attached hydrogens (tertiary/aromatic N) is 1. The third-order valence-corrected chi connectivity index (χ3v) is 3.60. The predicted molar refractivity (Wildman–Crippen MR) is 68.4 cm³/mol. The highest BCUT2D eigenvalue weighted by Gasteiger charge is 2.46. The highest BCUT2D eigenvalue weighted by molar-refractivity contribution is 5.74. The topological polar surface area (TPSA) is 82.3 Å². The van der Waals surface area contributed by atoms with Crippen LogP contribution >= 0.6 is 0 Å². The van der Waals surface area contributed by atoms with Crippen LogP contribution in [0.3, 0.4) is 0 Å². The second kappa shape index (κ2) is 4.56. The SMILES string of the molecule is CC(=O)NC1(C)C(C)Oc2ccc(C#N)cc2C1O. The summed E-state index contributed by atoms with van der Waals surface area (Å²) in [4.78, 5) is 11.3. The van der Waals surface area contributed by atoms with Gasteiger partial charge >= 0.3 is 0 Å². The van der Waals surface area contributed by atoms with Crippen LogP contribution in [-0.4, -0.2) is 22.7 Å². The number of carbonyl (C=O) groups excluding carboxylic acids is 1. The number of nitriles is 1. The molecule has 0 bridgehead atoms. The molecule has 5 nitrogen and oxygen atoms in total. The zero-order valence-corrected chi connectivity index (χ0v) is 11.1. The minimum absolute atomic E-state index is 0.239. The Morgan fingerprint density at radius 2 is 2.26 bits per heavy atom. The molecule has 19 heavy (non-hydrogen) atoms. The van der Waals surface area contributed by atoms with Gasteiger partial charge < -0.3 is 15.2 Å². The molecule has 100 valence electrons. The molecule has 2 rings (SSSR count). The molecular weight excluding hydrogens is 244 g/mol. The Balaban J connectivity index is 2.48. The number of benzene rings is 1. The molecular formula is C14H16N2O3. The summed E-state index contributed by atoms with van der Waals surface area (Å²) in [7, 11) is 0. The largest absolute Gasteiger partial charge is 0.488 e. The number of ether oxygens (including phenoxy) is 1. The minimum Gasteiger partial charge on any atom is -0.488 e. The number of nitrogens with one attached hydrogen (secondary N) is 1. The first-order valence-electron chi connectivity index (χ1n) is 6.06. The molecule has 1 aromatic rings. The second-order valence-corrected chi connectivity index (χ2v) is 4.99. The third kappa shape index (κ3) is 2.15. The fourth-order valence-corrected chi connectivity index (χ4v) is 2.35. The lowest BCUT2D eigenvalue weighted by molar-refractivity contribution is -0.125. The van der Waals surface area contributed by atoms with E-state index in [4.69, 9.17) is 10.00 Å². The molecule has 2 N–H and O–H groups in total. The summed E-state index contributed by atoms with van der Waals surface area (Å²) in [5, 5.41) is 22.2. The fraction of sp³-hybridized carbons (Fsp3) is 0.429. The van der Waals surface area contributed by atoms with Crippen molar-refractivity contribution in [2.24, 2.45) is 0 Å². The standard InChI is InChI=1S/C14H16N2O3/c1-8-14(3,16-9(2)17)13(18)11-6-10(7-15)4-5-12(11)19-8/h4-6,8,13,18H,1-3H3,(H,16,17). The Hall–Kier alpha value is -2.06. The van der Waals surface area contributed by atoms with Gasteiger partial charge in [0.15, 0.2) is 0 Å². The van der Waals surface area contributed by atoms with Crippen molar-refractivity contribution in [3.05, 3.63) is 29.3 Å². The number of hydrogen-bond donors (Lipinski definition) is 2. The molecule has 3 atom stereocenters. The maximum absolute atomic E-state index is 11.3. The molecule has 0 aromatic heterocycles. The fourth-order valence-electron chi connectivity index (χ4n) is 2.35. The van der Waals surface area contributed by atoms with Crippen molar-refractivity contribution in [1.29, 1.82) is 5.26 Å². The highest BCUT2D eigenvalue weighted by atomic mass is 16.5. The van der Waals surface area contributed by atoms with Gasteiger partial charge in [-0.3, -0.25) is 4.79 Å². The zero-order valence-electron chi connectivity index (χ0n) is 11.1. The Bertz CT molecular complexity index is 564. The average Bonchev–Trinajstić information content (AvgIpc) is 2.36.